The largest absolute Gasteiger partial charge is 0.326 e. The number of hydrogen-bond acceptors (Lipinski definition) is 5. The van der Waals surface area contributed by atoms with E-state index < -0.39 is 0 Å². The fourth-order valence-corrected chi connectivity index (χ4v) is 2.76. The molecular formula is C15H14N4S. The lowest BCUT2D eigenvalue weighted by atomic mass is 10.1. The van der Waals surface area contributed by atoms with E-state index in [9.17, 15) is 0 Å². The molecule has 0 aliphatic carbocycles. The Morgan fingerprint density at radius 3 is 2.45 bits per heavy atom. The highest BCUT2D eigenvalue weighted by Gasteiger charge is 2.06. The minimum Gasteiger partial charge on any atom is -0.326 e. The van der Waals surface area contributed by atoms with Crippen molar-refractivity contribution >= 4 is 11.3 Å². The predicted octanol–water partition coefficient (Wildman–Crippen LogP) is 2.65. The molecule has 4 nitrogen and oxygen atoms in total. The van der Waals surface area contributed by atoms with E-state index in [1.165, 1.54) is 6.33 Å². The van der Waals surface area contributed by atoms with Crippen molar-refractivity contribution in [2.75, 3.05) is 0 Å². The molecule has 0 fully saturated rings. The highest BCUT2D eigenvalue weighted by atomic mass is 32.1. The number of benzene rings is 1. The Labute approximate surface area is 121 Å². The molecule has 0 aliphatic heterocycles. The molecule has 5 heteroatoms. The molecule has 0 aliphatic rings. The van der Waals surface area contributed by atoms with Crippen LogP contribution in [0, 0.1) is 0 Å². The van der Waals surface area contributed by atoms with Gasteiger partial charge in [0.05, 0.1) is 5.69 Å². The second kappa shape index (κ2) is 5.90. The zero-order valence-corrected chi connectivity index (χ0v) is 11.7. The first-order valence-corrected chi connectivity index (χ1v) is 7.21. The molecule has 0 atom stereocenters. The molecule has 3 aromatic rings. The number of nitrogens with zero attached hydrogens (tertiary/aromatic N) is 3. The van der Waals surface area contributed by atoms with Crippen molar-refractivity contribution in [3.8, 4) is 10.6 Å². The second-order valence-electron chi connectivity index (χ2n) is 4.47. The Bertz CT molecular complexity index is 677. The van der Waals surface area contributed by atoms with Crippen LogP contribution in [-0.2, 0) is 13.0 Å². The van der Waals surface area contributed by atoms with Gasteiger partial charge in [-0.25, -0.2) is 15.0 Å². The maximum atomic E-state index is 5.60. The van der Waals surface area contributed by atoms with Gasteiger partial charge in [0.15, 0.2) is 0 Å². The van der Waals surface area contributed by atoms with Gasteiger partial charge in [-0.15, -0.1) is 11.3 Å². The van der Waals surface area contributed by atoms with Crippen LogP contribution in [-0.4, -0.2) is 15.0 Å². The van der Waals surface area contributed by atoms with E-state index in [2.05, 4.69) is 32.5 Å². The minimum absolute atomic E-state index is 0.567. The number of hydrogen-bond donors (Lipinski definition) is 1. The Hall–Kier alpha value is -2.11. The van der Waals surface area contributed by atoms with E-state index in [-0.39, 0.29) is 0 Å². The lowest BCUT2D eigenvalue weighted by Gasteiger charge is -1.99. The van der Waals surface area contributed by atoms with Gasteiger partial charge in [-0.1, -0.05) is 24.3 Å². The first-order chi connectivity index (χ1) is 9.85. The summed E-state index contributed by atoms with van der Waals surface area (Å²) < 4.78 is 0. The molecule has 0 radical (unpaired) electrons. The van der Waals surface area contributed by atoms with Gasteiger partial charge >= 0.3 is 0 Å². The summed E-state index contributed by atoms with van der Waals surface area (Å²) in [7, 11) is 0. The molecule has 20 heavy (non-hydrogen) atoms. The van der Waals surface area contributed by atoms with Gasteiger partial charge in [0.1, 0.15) is 11.3 Å². The van der Waals surface area contributed by atoms with E-state index in [4.69, 9.17) is 5.73 Å². The van der Waals surface area contributed by atoms with E-state index in [0.717, 1.165) is 33.8 Å². The number of thiazole rings is 1. The third kappa shape index (κ3) is 2.89. The third-order valence-corrected chi connectivity index (χ3v) is 3.93. The summed E-state index contributed by atoms with van der Waals surface area (Å²) >= 11 is 1.65. The van der Waals surface area contributed by atoms with Gasteiger partial charge < -0.3 is 5.73 Å². The van der Waals surface area contributed by atoms with Crippen molar-refractivity contribution in [3.63, 3.8) is 0 Å². The summed E-state index contributed by atoms with van der Waals surface area (Å²) in [5.74, 6) is 0. The zero-order chi connectivity index (χ0) is 13.8. The Balaban J connectivity index is 1.79. The number of nitrogens with two attached hydrogens (primary N) is 1. The molecule has 0 unspecified atom stereocenters. The predicted molar refractivity (Wildman–Crippen MR) is 80.3 cm³/mol. The molecule has 0 bridgehead atoms. The van der Waals surface area contributed by atoms with Crippen LogP contribution in [0.4, 0.5) is 0 Å². The molecule has 2 aromatic heterocycles. The van der Waals surface area contributed by atoms with E-state index in [1.54, 1.807) is 11.3 Å². The summed E-state index contributed by atoms with van der Waals surface area (Å²) in [4.78, 5) is 12.7. The highest BCUT2D eigenvalue weighted by molar-refractivity contribution is 7.13. The van der Waals surface area contributed by atoms with Crippen molar-refractivity contribution < 1.29 is 0 Å². The molecule has 3 rings (SSSR count). The molecular weight excluding hydrogens is 268 g/mol. The molecule has 0 amide bonds. The highest BCUT2D eigenvalue weighted by Crippen LogP contribution is 2.24. The summed E-state index contributed by atoms with van der Waals surface area (Å²) in [6, 6.07) is 8.22. The Morgan fingerprint density at radius 1 is 1.00 bits per heavy atom. The molecule has 1 aromatic carbocycles. The number of rotatable bonds is 4. The van der Waals surface area contributed by atoms with Gasteiger partial charge in [-0.05, 0) is 11.1 Å². The van der Waals surface area contributed by atoms with Crippen molar-refractivity contribution in [2.24, 2.45) is 5.73 Å². The van der Waals surface area contributed by atoms with Gasteiger partial charge in [0.25, 0.3) is 0 Å². The quantitative estimate of drug-likeness (QED) is 0.799. The number of aromatic nitrogens is 3. The van der Waals surface area contributed by atoms with Crippen LogP contribution in [0.1, 0.15) is 16.8 Å². The molecule has 2 heterocycles. The van der Waals surface area contributed by atoms with Crippen LogP contribution in [0.2, 0.25) is 0 Å². The molecule has 0 saturated heterocycles. The maximum Gasteiger partial charge on any atom is 0.123 e. The minimum atomic E-state index is 0.567. The van der Waals surface area contributed by atoms with E-state index in [0.29, 0.717) is 6.54 Å². The summed E-state index contributed by atoms with van der Waals surface area (Å²) in [5, 5.41) is 3.11. The van der Waals surface area contributed by atoms with E-state index >= 15 is 0 Å². The van der Waals surface area contributed by atoms with Crippen molar-refractivity contribution in [3.05, 3.63) is 65.2 Å². The Kier molecular flexibility index (Phi) is 3.80. The maximum absolute atomic E-state index is 5.60. The van der Waals surface area contributed by atoms with Crippen LogP contribution in [0.15, 0.2) is 48.4 Å². The van der Waals surface area contributed by atoms with Crippen LogP contribution in [0.25, 0.3) is 10.6 Å². The first kappa shape index (κ1) is 12.9. The first-order valence-electron chi connectivity index (χ1n) is 6.33. The molecule has 100 valence electrons. The van der Waals surface area contributed by atoms with Gasteiger partial charge in [0.2, 0.25) is 0 Å². The molecule has 2 N–H and O–H groups in total. The smallest absolute Gasteiger partial charge is 0.123 e. The average Bonchev–Trinajstić information content (AvgIpc) is 2.97. The van der Waals surface area contributed by atoms with Crippen molar-refractivity contribution in [1.29, 1.82) is 0 Å². The fraction of sp³-hybridized carbons (Fsp3) is 0.133. The summed E-state index contributed by atoms with van der Waals surface area (Å²) in [6.07, 6.45) is 5.94. The van der Waals surface area contributed by atoms with Gasteiger partial charge in [-0.2, -0.15) is 0 Å². The van der Waals surface area contributed by atoms with Gasteiger partial charge in [0, 0.05) is 36.3 Å². The van der Waals surface area contributed by atoms with Gasteiger partial charge in [-0.3, -0.25) is 0 Å². The molecule has 0 spiro atoms. The van der Waals surface area contributed by atoms with Crippen LogP contribution < -0.4 is 5.73 Å². The lowest BCUT2D eigenvalue weighted by molar-refractivity contribution is 1.04. The Morgan fingerprint density at radius 2 is 1.75 bits per heavy atom. The zero-order valence-electron chi connectivity index (χ0n) is 10.9. The second-order valence-corrected chi connectivity index (χ2v) is 5.33. The van der Waals surface area contributed by atoms with Crippen LogP contribution >= 0.6 is 11.3 Å². The van der Waals surface area contributed by atoms with Crippen molar-refractivity contribution in [1.82, 2.24) is 15.0 Å². The fourth-order valence-electron chi connectivity index (χ4n) is 1.93. The summed E-state index contributed by atoms with van der Waals surface area (Å²) in [5.41, 5.74) is 9.98. The van der Waals surface area contributed by atoms with Crippen LogP contribution in [0.3, 0.4) is 0 Å². The lowest BCUT2D eigenvalue weighted by Crippen LogP contribution is -1.95. The topological polar surface area (TPSA) is 64.7 Å². The SMILES string of the molecule is NCc1ccc(-c2nc(Cc3cncnc3)cs2)cc1. The summed E-state index contributed by atoms with van der Waals surface area (Å²) in [6.45, 7) is 0.567. The third-order valence-electron chi connectivity index (χ3n) is 2.99. The monoisotopic (exact) mass is 282 g/mol. The van der Waals surface area contributed by atoms with Crippen LogP contribution in [0.5, 0.6) is 0 Å². The normalized spacial score (nSPS) is 10.7. The average molecular weight is 282 g/mol. The van der Waals surface area contributed by atoms with E-state index in [1.807, 2.05) is 24.5 Å². The molecule has 0 saturated carbocycles. The van der Waals surface area contributed by atoms with Crippen molar-refractivity contribution in [2.45, 2.75) is 13.0 Å². The standard InChI is InChI=1S/C15H14N4S/c16-6-11-1-3-13(4-2-11)15-19-14(9-20-15)5-12-7-17-10-18-8-12/h1-4,7-10H,5-6,16H2.